The molecule has 124 valence electrons. The minimum Gasteiger partial charge on any atom is -0.481 e. The highest BCUT2D eigenvalue weighted by atomic mass is 31.2. The molecule has 2 rings (SSSR count). The molecule has 0 aliphatic heterocycles. The van der Waals surface area contributed by atoms with Crippen molar-refractivity contribution in [3.05, 3.63) is 65.2 Å². The van der Waals surface area contributed by atoms with Crippen LogP contribution in [-0.4, -0.2) is 16.1 Å². The molecule has 0 aromatic heterocycles. The van der Waals surface area contributed by atoms with E-state index in [9.17, 15) is 4.57 Å². The molecule has 0 aliphatic carbocycles. The molecular weight excluding hydrogens is 311 g/mol. The van der Waals surface area contributed by atoms with Gasteiger partial charge in [0.05, 0.1) is 0 Å². The highest BCUT2D eigenvalue weighted by molar-refractivity contribution is 7.51. The second kappa shape index (κ2) is 8.30. The SMILES string of the molecule is CCCCc1cccc(OCP(=O)(O)O)c1Cc1ccccc1. The van der Waals surface area contributed by atoms with Crippen molar-refractivity contribution >= 4 is 7.60 Å². The fourth-order valence-corrected chi connectivity index (χ4v) is 2.81. The van der Waals surface area contributed by atoms with E-state index >= 15 is 0 Å². The first-order valence-electron chi connectivity index (χ1n) is 7.81. The summed E-state index contributed by atoms with van der Waals surface area (Å²) in [6, 6.07) is 15.8. The highest BCUT2D eigenvalue weighted by Crippen LogP contribution is 2.36. The summed E-state index contributed by atoms with van der Waals surface area (Å²) in [6.45, 7) is 2.14. The Bertz CT molecular complexity index is 664. The van der Waals surface area contributed by atoms with Gasteiger partial charge >= 0.3 is 7.60 Å². The number of unbranched alkanes of at least 4 members (excludes halogenated alkanes) is 1. The Morgan fingerprint density at radius 2 is 1.78 bits per heavy atom. The minimum atomic E-state index is -4.19. The van der Waals surface area contributed by atoms with E-state index in [1.165, 1.54) is 5.56 Å². The van der Waals surface area contributed by atoms with Crippen molar-refractivity contribution in [2.45, 2.75) is 32.6 Å². The lowest BCUT2D eigenvalue weighted by atomic mass is 9.95. The zero-order valence-electron chi connectivity index (χ0n) is 13.3. The van der Waals surface area contributed by atoms with Gasteiger partial charge in [-0.1, -0.05) is 55.8 Å². The predicted molar refractivity (Wildman–Crippen MR) is 91.8 cm³/mol. The molecule has 0 radical (unpaired) electrons. The lowest BCUT2D eigenvalue weighted by molar-refractivity contribution is 0.299. The number of rotatable bonds is 8. The van der Waals surface area contributed by atoms with Gasteiger partial charge in [0.1, 0.15) is 5.75 Å². The van der Waals surface area contributed by atoms with Gasteiger partial charge in [-0.2, -0.15) is 0 Å². The van der Waals surface area contributed by atoms with Crippen LogP contribution >= 0.6 is 7.60 Å². The fraction of sp³-hybridized carbons (Fsp3) is 0.333. The van der Waals surface area contributed by atoms with Gasteiger partial charge in [-0.25, -0.2) is 0 Å². The van der Waals surface area contributed by atoms with Crippen LogP contribution in [0.25, 0.3) is 0 Å². The van der Waals surface area contributed by atoms with E-state index in [-0.39, 0.29) is 0 Å². The summed E-state index contributed by atoms with van der Waals surface area (Å²) in [5.41, 5.74) is 3.34. The largest absolute Gasteiger partial charge is 0.481 e. The number of aryl methyl sites for hydroxylation is 1. The number of hydrogen-bond acceptors (Lipinski definition) is 2. The third-order valence-electron chi connectivity index (χ3n) is 3.64. The standard InChI is InChI=1S/C18H23O4P/c1-2-3-10-16-11-7-12-18(22-14-23(19,20)21)17(16)13-15-8-5-4-6-9-15/h4-9,11-12H,2-3,10,13-14H2,1H3,(H2,19,20,21). The molecule has 0 heterocycles. The monoisotopic (exact) mass is 334 g/mol. The zero-order chi connectivity index (χ0) is 16.7. The first-order chi connectivity index (χ1) is 11.0. The van der Waals surface area contributed by atoms with Gasteiger partial charge in [-0.05, 0) is 30.0 Å². The lowest BCUT2D eigenvalue weighted by Crippen LogP contribution is -2.04. The van der Waals surface area contributed by atoms with Crippen molar-refractivity contribution in [2.75, 3.05) is 6.35 Å². The molecule has 0 fully saturated rings. The molecule has 2 aromatic carbocycles. The highest BCUT2D eigenvalue weighted by Gasteiger charge is 2.17. The van der Waals surface area contributed by atoms with Crippen LogP contribution in [-0.2, 0) is 17.4 Å². The number of benzene rings is 2. The van der Waals surface area contributed by atoms with Gasteiger partial charge in [0.15, 0.2) is 6.35 Å². The van der Waals surface area contributed by atoms with Crippen LogP contribution in [0.2, 0.25) is 0 Å². The second-order valence-corrected chi connectivity index (χ2v) is 7.19. The summed E-state index contributed by atoms with van der Waals surface area (Å²) in [4.78, 5) is 18.1. The molecule has 5 heteroatoms. The van der Waals surface area contributed by atoms with Gasteiger partial charge in [0, 0.05) is 12.0 Å². The van der Waals surface area contributed by atoms with E-state index in [0.29, 0.717) is 12.2 Å². The molecule has 4 nitrogen and oxygen atoms in total. The van der Waals surface area contributed by atoms with E-state index in [1.807, 2.05) is 36.4 Å². The van der Waals surface area contributed by atoms with Crippen molar-refractivity contribution < 1.29 is 19.1 Å². The number of ether oxygens (including phenoxy) is 1. The molecule has 0 amide bonds. The third kappa shape index (κ3) is 5.83. The lowest BCUT2D eigenvalue weighted by Gasteiger charge is -2.16. The Morgan fingerprint density at radius 1 is 1.04 bits per heavy atom. The fourth-order valence-electron chi connectivity index (χ4n) is 2.50. The van der Waals surface area contributed by atoms with Gasteiger partial charge in [0.25, 0.3) is 0 Å². The maximum atomic E-state index is 11.1. The molecule has 0 spiro atoms. The van der Waals surface area contributed by atoms with Crippen LogP contribution in [0.3, 0.4) is 0 Å². The van der Waals surface area contributed by atoms with Crippen LogP contribution in [0, 0.1) is 0 Å². The van der Waals surface area contributed by atoms with Crippen molar-refractivity contribution in [1.82, 2.24) is 0 Å². The quantitative estimate of drug-likeness (QED) is 0.712. The second-order valence-electron chi connectivity index (χ2n) is 5.60. The molecule has 0 saturated carbocycles. The van der Waals surface area contributed by atoms with Crippen LogP contribution in [0.15, 0.2) is 48.5 Å². The van der Waals surface area contributed by atoms with E-state index in [0.717, 1.165) is 30.4 Å². The van der Waals surface area contributed by atoms with Crippen molar-refractivity contribution in [1.29, 1.82) is 0 Å². The van der Waals surface area contributed by atoms with Crippen molar-refractivity contribution in [3.63, 3.8) is 0 Å². The summed E-state index contributed by atoms with van der Waals surface area (Å²) in [5, 5.41) is 0. The Kier molecular flexibility index (Phi) is 6.40. The molecule has 0 atom stereocenters. The van der Waals surface area contributed by atoms with Gasteiger partial charge in [-0.15, -0.1) is 0 Å². The molecule has 2 N–H and O–H groups in total. The first kappa shape index (κ1) is 17.7. The Morgan fingerprint density at radius 3 is 2.43 bits per heavy atom. The van der Waals surface area contributed by atoms with Crippen molar-refractivity contribution in [3.8, 4) is 5.75 Å². The molecule has 0 bridgehead atoms. The predicted octanol–water partition coefficient (Wildman–Crippen LogP) is 4.13. The zero-order valence-corrected chi connectivity index (χ0v) is 14.2. The maximum absolute atomic E-state index is 11.1. The summed E-state index contributed by atoms with van der Waals surface area (Å²) >= 11 is 0. The Balaban J connectivity index is 2.30. The molecular formula is C18H23O4P. The maximum Gasteiger partial charge on any atom is 0.362 e. The summed E-state index contributed by atoms with van der Waals surface area (Å²) in [6.07, 6.45) is 3.21. The summed E-state index contributed by atoms with van der Waals surface area (Å²) in [5.74, 6) is 0.561. The van der Waals surface area contributed by atoms with Gasteiger partial charge in [0.2, 0.25) is 0 Å². The summed E-state index contributed by atoms with van der Waals surface area (Å²) < 4.78 is 16.5. The van der Waals surface area contributed by atoms with Crippen LogP contribution in [0.1, 0.15) is 36.5 Å². The average Bonchev–Trinajstić information content (AvgIpc) is 2.52. The van der Waals surface area contributed by atoms with Gasteiger partial charge in [-0.3, -0.25) is 4.57 Å². The smallest absolute Gasteiger partial charge is 0.362 e. The van der Waals surface area contributed by atoms with Crippen LogP contribution in [0.5, 0.6) is 5.75 Å². The van der Waals surface area contributed by atoms with E-state index in [4.69, 9.17) is 14.5 Å². The topological polar surface area (TPSA) is 66.8 Å². The van der Waals surface area contributed by atoms with E-state index < -0.39 is 13.9 Å². The van der Waals surface area contributed by atoms with Crippen LogP contribution < -0.4 is 4.74 Å². The Hall–Kier alpha value is -1.61. The van der Waals surface area contributed by atoms with Crippen LogP contribution in [0.4, 0.5) is 0 Å². The summed E-state index contributed by atoms with van der Waals surface area (Å²) in [7, 11) is -4.19. The molecule has 0 unspecified atom stereocenters. The number of hydrogen-bond donors (Lipinski definition) is 2. The third-order valence-corrected chi connectivity index (χ3v) is 4.11. The first-order valence-corrected chi connectivity index (χ1v) is 9.61. The Labute approximate surface area is 137 Å². The molecule has 23 heavy (non-hydrogen) atoms. The normalized spacial score (nSPS) is 11.4. The molecule has 2 aromatic rings. The minimum absolute atomic E-state index is 0.561. The molecule has 0 saturated heterocycles. The molecule has 0 aliphatic rings. The van der Waals surface area contributed by atoms with Crippen molar-refractivity contribution in [2.24, 2.45) is 0 Å². The average molecular weight is 334 g/mol. The van der Waals surface area contributed by atoms with Gasteiger partial charge < -0.3 is 14.5 Å². The van der Waals surface area contributed by atoms with E-state index in [2.05, 4.69) is 13.0 Å². The van der Waals surface area contributed by atoms with E-state index in [1.54, 1.807) is 6.07 Å².